The quantitative estimate of drug-likeness (QED) is 0.490. The standard InChI is InChI=1S/C14H15NO8/c1-23-8-4-2-7(3-5-8)11(16)15-10(14(21)22)6-9(12(17)18)13(19)20/h2-5,9-10H,6H2,1H3,(H,15,16)(H,17,18)(H,19,20)(H,21,22)/t10-/m0/s1. The van der Waals surface area contributed by atoms with Gasteiger partial charge in [-0.1, -0.05) is 0 Å². The van der Waals surface area contributed by atoms with Crippen LogP contribution < -0.4 is 10.1 Å². The van der Waals surface area contributed by atoms with Crippen LogP contribution in [0.15, 0.2) is 24.3 Å². The predicted molar refractivity (Wildman–Crippen MR) is 75.3 cm³/mol. The highest BCUT2D eigenvalue weighted by Crippen LogP contribution is 2.13. The van der Waals surface area contributed by atoms with Gasteiger partial charge in [-0.3, -0.25) is 14.4 Å². The van der Waals surface area contributed by atoms with Crippen molar-refractivity contribution in [2.24, 2.45) is 5.92 Å². The van der Waals surface area contributed by atoms with E-state index in [9.17, 15) is 19.2 Å². The van der Waals surface area contributed by atoms with Crippen LogP contribution in [0.25, 0.3) is 0 Å². The Morgan fingerprint density at radius 1 is 1.00 bits per heavy atom. The minimum atomic E-state index is -1.94. The first-order valence-corrected chi connectivity index (χ1v) is 6.39. The van der Waals surface area contributed by atoms with Gasteiger partial charge >= 0.3 is 17.9 Å². The Bertz CT molecular complexity index is 596. The van der Waals surface area contributed by atoms with E-state index in [0.717, 1.165) is 0 Å². The molecule has 0 bridgehead atoms. The van der Waals surface area contributed by atoms with Gasteiger partial charge in [0.25, 0.3) is 5.91 Å². The fourth-order valence-electron chi connectivity index (χ4n) is 1.75. The highest BCUT2D eigenvalue weighted by atomic mass is 16.5. The lowest BCUT2D eigenvalue weighted by Gasteiger charge is -2.17. The number of benzene rings is 1. The molecule has 9 heteroatoms. The van der Waals surface area contributed by atoms with E-state index < -0.39 is 42.2 Å². The number of rotatable bonds is 8. The topological polar surface area (TPSA) is 150 Å². The van der Waals surface area contributed by atoms with Gasteiger partial charge in [0.05, 0.1) is 7.11 Å². The molecule has 124 valence electrons. The smallest absolute Gasteiger partial charge is 0.326 e. The van der Waals surface area contributed by atoms with Crippen molar-refractivity contribution in [3.8, 4) is 5.75 Å². The van der Waals surface area contributed by atoms with Crippen LogP contribution >= 0.6 is 0 Å². The van der Waals surface area contributed by atoms with Gasteiger partial charge in [0.2, 0.25) is 0 Å². The third kappa shape index (κ3) is 4.99. The molecule has 1 atom stereocenters. The fourth-order valence-corrected chi connectivity index (χ4v) is 1.75. The summed E-state index contributed by atoms with van der Waals surface area (Å²) in [5.74, 6) is -7.10. The lowest BCUT2D eigenvalue weighted by atomic mass is 9.99. The average Bonchev–Trinajstić information content (AvgIpc) is 2.50. The molecule has 1 rings (SSSR count). The summed E-state index contributed by atoms with van der Waals surface area (Å²) in [6.07, 6.45) is -0.776. The summed E-state index contributed by atoms with van der Waals surface area (Å²) in [7, 11) is 1.44. The summed E-state index contributed by atoms with van der Waals surface area (Å²) in [6, 6.07) is 4.10. The summed E-state index contributed by atoms with van der Waals surface area (Å²) in [5, 5.41) is 28.7. The summed E-state index contributed by atoms with van der Waals surface area (Å²) >= 11 is 0. The molecule has 23 heavy (non-hydrogen) atoms. The maximum Gasteiger partial charge on any atom is 0.326 e. The molecule has 0 aromatic heterocycles. The number of hydrogen-bond acceptors (Lipinski definition) is 5. The molecular formula is C14H15NO8. The van der Waals surface area contributed by atoms with Crippen molar-refractivity contribution in [1.29, 1.82) is 0 Å². The second-order valence-corrected chi connectivity index (χ2v) is 4.56. The van der Waals surface area contributed by atoms with Crippen molar-refractivity contribution in [2.75, 3.05) is 7.11 Å². The van der Waals surface area contributed by atoms with Crippen molar-refractivity contribution in [2.45, 2.75) is 12.5 Å². The van der Waals surface area contributed by atoms with Crippen LogP contribution in [0.1, 0.15) is 16.8 Å². The monoisotopic (exact) mass is 325 g/mol. The Morgan fingerprint density at radius 3 is 1.91 bits per heavy atom. The number of carbonyl (C=O) groups is 4. The zero-order valence-electron chi connectivity index (χ0n) is 12.1. The maximum atomic E-state index is 12.0. The minimum absolute atomic E-state index is 0.124. The maximum absolute atomic E-state index is 12.0. The first kappa shape index (κ1) is 18.0. The van der Waals surface area contributed by atoms with E-state index in [-0.39, 0.29) is 5.56 Å². The van der Waals surface area contributed by atoms with Crippen molar-refractivity contribution in [3.05, 3.63) is 29.8 Å². The molecule has 0 unspecified atom stereocenters. The average molecular weight is 325 g/mol. The molecule has 0 heterocycles. The van der Waals surface area contributed by atoms with Crippen LogP contribution in [-0.4, -0.2) is 52.3 Å². The number of amides is 1. The largest absolute Gasteiger partial charge is 0.497 e. The molecule has 4 N–H and O–H groups in total. The number of aliphatic carboxylic acids is 3. The molecule has 1 aromatic rings. The van der Waals surface area contributed by atoms with E-state index in [2.05, 4.69) is 5.32 Å². The van der Waals surface area contributed by atoms with E-state index in [1.807, 2.05) is 0 Å². The lowest BCUT2D eigenvalue weighted by molar-refractivity contribution is -0.155. The van der Waals surface area contributed by atoms with Gasteiger partial charge in [0.15, 0.2) is 5.92 Å². The molecule has 0 saturated heterocycles. The summed E-state index contributed by atoms with van der Waals surface area (Å²) < 4.78 is 4.92. The van der Waals surface area contributed by atoms with Crippen molar-refractivity contribution in [3.63, 3.8) is 0 Å². The SMILES string of the molecule is COc1ccc(C(=O)N[C@@H](CC(C(=O)O)C(=O)O)C(=O)O)cc1. The molecule has 1 aromatic carbocycles. The summed E-state index contributed by atoms with van der Waals surface area (Å²) in [5.41, 5.74) is 0.124. The Hall–Kier alpha value is -3.10. The van der Waals surface area contributed by atoms with Gasteiger partial charge in [0.1, 0.15) is 11.8 Å². The van der Waals surface area contributed by atoms with Gasteiger partial charge in [-0.05, 0) is 24.3 Å². The third-order valence-corrected chi connectivity index (χ3v) is 3.02. The molecule has 0 fully saturated rings. The normalized spacial score (nSPS) is 11.6. The van der Waals surface area contributed by atoms with Crippen LogP contribution in [0.4, 0.5) is 0 Å². The highest BCUT2D eigenvalue weighted by molar-refractivity contribution is 5.97. The molecule has 9 nitrogen and oxygen atoms in total. The van der Waals surface area contributed by atoms with Crippen LogP contribution in [0.2, 0.25) is 0 Å². The van der Waals surface area contributed by atoms with Crippen molar-refractivity contribution < 1.29 is 39.2 Å². The van der Waals surface area contributed by atoms with Gasteiger partial charge in [-0.2, -0.15) is 0 Å². The van der Waals surface area contributed by atoms with Gasteiger partial charge in [-0.15, -0.1) is 0 Å². The van der Waals surface area contributed by atoms with Crippen LogP contribution in [0.5, 0.6) is 5.75 Å². The number of ether oxygens (including phenoxy) is 1. The summed E-state index contributed by atoms with van der Waals surface area (Å²) in [6.45, 7) is 0. The van der Waals surface area contributed by atoms with Gasteiger partial charge in [0, 0.05) is 12.0 Å². The van der Waals surface area contributed by atoms with Crippen LogP contribution in [-0.2, 0) is 14.4 Å². The van der Waals surface area contributed by atoms with E-state index in [4.69, 9.17) is 20.1 Å². The first-order valence-electron chi connectivity index (χ1n) is 6.39. The molecule has 0 radical (unpaired) electrons. The van der Waals surface area contributed by atoms with Crippen molar-refractivity contribution in [1.82, 2.24) is 5.32 Å². The van der Waals surface area contributed by atoms with Crippen molar-refractivity contribution >= 4 is 23.8 Å². The Morgan fingerprint density at radius 2 is 1.52 bits per heavy atom. The van der Waals surface area contributed by atoms with E-state index in [0.29, 0.717) is 5.75 Å². The van der Waals surface area contributed by atoms with E-state index in [1.165, 1.54) is 31.4 Å². The Kier molecular flexibility index (Phi) is 6.07. The number of carboxylic acids is 3. The second kappa shape index (κ2) is 7.78. The van der Waals surface area contributed by atoms with E-state index >= 15 is 0 Å². The number of carboxylic acid groups (broad SMARTS) is 3. The molecule has 1 amide bonds. The molecule has 0 aliphatic rings. The highest BCUT2D eigenvalue weighted by Gasteiger charge is 2.33. The molecular weight excluding hydrogens is 310 g/mol. The van der Waals surface area contributed by atoms with Crippen LogP contribution in [0.3, 0.4) is 0 Å². The van der Waals surface area contributed by atoms with Crippen LogP contribution in [0, 0.1) is 5.92 Å². The van der Waals surface area contributed by atoms with Gasteiger partial charge in [-0.25, -0.2) is 4.79 Å². The Labute approximate surface area is 130 Å². The number of methoxy groups -OCH3 is 1. The third-order valence-electron chi connectivity index (χ3n) is 3.02. The first-order chi connectivity index (χ1) is 10.8. The lowest BCUT2D eigenvalue weighted by Crippen LogP contribution is -2.44. The molecule has 0 aliphatic heterocycles. The fraction of sp³-hybridized carbons (Fsp3) is 0.286. The summed E-state index contributed by atoms with van der Waals surface area (Å²) in [4.78, 5) is 44.7. The predicted octanol–water partition coefficient (Wildman–Crippen LogP) is 0.0537. The second-order valence-electron chi connectivity index (χ2n) is 4.56. The Balaban J connectivity index is 2.86. The zero-order chi connectivity index (χ0) is 17.6. The minimum Gasteiger partial charge on any atom is -0.497 e. The number of nitrogens with one attached hydrogen (secondary N) is 1. The molecule has 0 saturated carbocycles. The van der Waals surface area contributed by atoms with Gasteiger partial charge < -0.3 is 25.4 Å². The zero-order valence-corrected chi connectivity index (χ0v) is 12.1. The number of hydrogen-bond donors (Lipinski definition) is 4. The number of carbonyl (C=O) groups excluding carboxylic acids is 1. The molecule has 0 spiro atoms. The molecule has 0 aliphatic carbocycles. The van der Waals surface area contributed by atoms with E-state index in [1.54, 1.807) is 0 Å².